The van der Waals surface area contributed by atoms with Gasteiger partial charge < -0.3 is 42.3 Å². The van der Waals surface area contributed by atoms with Crippen molar-refractivity contribution in [1.29, 1.82) is 0 Å². The van der Waals surface area contributed by atoms with Crippen molar-refractivity contribution >= 4 is 11.0 Å². The standard InChI is InChI=1S/C20H18O6.C17H14O4/c1-3-15-17(25-9-23-15)5-11(1)19-13-7-22-20(14(13)8-21-19)12-2-4-16-18(6-12)26-10-24-16;1-19-12-5-3-4-11(8-12)16-10-15(18)14-7-6-13(20-2)9-17(14)21-16/h1-6,13-14,19-20H,7-10H2;3-10H,1-2H3. The van der Waals surface area contributed by atoms with E-state index in [0.717, 1.165) is 39.7 Å². The lowest BCUT2D eigenvalue weighted by molar-refractivity contribution is 0.0192. The maximum absolute atomic E-state index is 12.2. The fourth-order valence-corrected chi connectivity index (χ4v) is 6.60. The molecule has 4 atom stereocenters. The lowest BCUT2D eigenvalue weighted by Gasteiger charge is -2.17. The molecule has 4 aromatic carbocycles. The van der Waals surface area contributed by atoms with E-state index in [1.54, 1.807) is 32.4 Å². The van der Waals surface area contributed by atoms with Crippen molar-refractivity contribution in [2.45, 2.75) is 12.2 Å². The SMILES string of the molecule is COc1cccc(-c2cc(=O)c3ccc(OC)cc3o2)c1.c1cc2c(cc1C1OCC3C(c4ccc5c(c4)OCO5)OCC13)OCO2. The van der Waals surface area contributed by atoms with Crippen molar-refractivity contribution in [3.8, 4) is 45.8 Å². The molecule has 240 valence electrons. The summed E-state index contributed by atoms with van der Waals surface area (Å²) in [5.41, 5.74) is 3.45. The molecule has 10 heteroatoms. The predicted molar refractivity (Wildman–Crippen MR) is 171 cm³/mol. The summed E-state index contributed by atoms with van der Waals surface area (Å²) in [7, 11) is 3.17. The highest BCUT2D eigenvalue weighted by Crippen LogP contribution is 2.52. The van der Waals surface area contributed by atoms with Gasteiger partial charge in [-0.3, -0.25) is 4.79 Å². The number of methoxy groups -OCH3 is 2. The second-order valence-corrected chi connectivity index (χ2v) is 11.6. The van der Waals surface area contributed by atoms with Crippen molar-refractivity contribution < 1.29 is 42.3 Å². The van der Waals surface area contributed by atoms with Crippen molar-refractivity contribution in [2.75, 3.05) is 41.0 Å². The van der Waals surface area contributed by atoms with Gasteiger partial charge in [-0.25, -0.2) is 0 Å². The van der Waals surface area contributed by atoms with Gasteiger partial charge in [-0.05, 0) is 59.7 Å². The van der Waals surface area contributed by atoms with E-state index in [-0.39, 0.29) is 31.2 Å². The molecule has 5 heterocycles. The van der Waals surface area contributed by atoms with Crippen LogP contribution in [0.1, 0.15) is 23.3 Å². The molecule has 0 saturated carbocycles. The summed E-state index contributed by atoms with van der Waals surface area (Å²) < 4.78 is 50.4. The van der Waals surface area contributed by atoms with Crippen molar-refractivity contribution in [2.24, 2.45) is 11.8 Å². The summed E-state index contributed by atoms with van der Waals surface area (Å²) in [4.78, 5) is 12.2. The van der Waals surface area contributed by atoms with E-state index in [4.69, 9.17) is 42.3 Å². The van der Waals surface area contributed by atoms with Gasteiger partial charge in [-0.2, -0.15) is 0 Å². The number of hydrogen-bond donors (Lipinski definition) is 0. The van der Waals surface area contributed by atoms with Gasteiger partial charge in [0.2, 0.25) is 13.6 Å². The summed E-state index contributed by atoms with van der Waals surface area (Å²) in [6.45, 7) is 1.93. The molecule has 0 spiro atoms. The highest BCUT2D eigenvalue weighted by molar-refractivity contribution is 5.80. The van der Waals surface area contributed by atoms with Crippen molar-refractivity contribution in [3.05, 3.63) is 106 Å². The van der Waals surface area contributed by atoms with E-state index in [1.165, 1.54) is 6.07 Å². The van der Waals surface area contributed by atoms with Gasteiger partial charge >= 0.3 is 0 Å². The number of ether oxygens (including phenoxy) is 8. The minimum Gasteiger partial charge on any atom is -0.497 e. The Balaban J connectivity index is 0.000000142. The molecule has 5 aromatic rings. The largest absolute Gasteiger partial charge is 0.497 e. The maximum atomic E-state index is 12.2. The second kappa shape index (κ2) is 12.2. The van der Waals surface area contributed by atoms with Crippen LogP contribution in [-0.2, 0) is 9.47 Å². The lowest BCUT2D eigenvalue weighted by Crippen LogP contribution is -2.14. The first-order valence-electron chi connectivity index (χ1n) is 15.4. The Morgan fingerprint density at radius 2 is 1.21 bits per heavy atom. The molecule has 2 saturated heterocycles. The smallest absolute Gasteiger partial charge is 0.231 e. The zero-order valence-corrected chi connectivity index (χ0v) is 25.8. The molecule has 1 aromatic heterocycles. The van der Waals surface area contributed by atoms with Crippen LogP contribution in [0.4, 0.5) is 0 Å². The van der Waals surface area contributed by atoms with E-state index < -0.39 is 0 Å². The van der Waals surface area contributed by atoms with E-state index in [0.29, 0.717) is 53.3 Å². The van der Waals surface area contributed by atoms with E-state index in [2.05, 4.69) is 12.1 Å². The van der Waals surface area contributed by atoms with Gasteiger partial charge in [0.25, 0.3) is 0 Å². The molecule has 0 amide bonds. The first-order valence-corrected chi connectivity index (χ1v) is 15.4. The van der Waals surface area contributed by atoms with Crippen LogP contribution >= 0.6 is 0 Å². The number of rotatable bonds is 5. The van der Waals surface area contributed by atoms with Crippen molar-refractivity contribution in [1.82, 2.24) is 0 Å². The quantitative estimate of drug-likeness (QED) is 0.207. The number of hydrogen-bond acceptors (Lipinski definition) is 10. The molecule has 4 aliphatic rings. The normalized spacial score (nSPS) is 21.7. The van der Waals surface area contributed by atoms with E-state index in [9.17, 15) is 4.79 Å². The summed E-state index contributed by atoms with van der Waals surface area (Å²) in [6.07, 6.45) is 0.0435. The molecule has 10 nitrogen and oxygen atoms in total. The summed E-state index contributed by atoms with van der Waals surface area (Å²) in [5.74, 6) is 5.68. The second-order valence-electron chi connectivity index (χ2n) is 11.6. The van der Waals surface area contributed by atoms with Crippen LogP contribution in [0, 0.1) is 11.8 Å². The Morgan fingerprint density at radius 3 is 1.83 bits per heavy atom. The molecule has 9 rings (SSSR count). The maximum Gasteiger partial charge on any atom is 0.231 e. The fraction of sp³-hybridized carbons (Fsp3) is 0.270. The average Bonchev–Trinajstić information content (AvgIpc) is 3.93. The van der Waals surface area contributed by atoms with E-state index in [1.807, 2.05) is 48.5 Å². The molecule has 0 N–H and O–H groups in total. The van der Waals surface area contributed by atoms with Crippen LogP contribution < -0.4 is 33.8 Å². The van der Waals surface area contributed by atoms with Crippen LogP contribution in [-0.4, -0.2) is 41.0 Å². The first-order chi connectivity index (χ1) is 23.1. The number of fused-ring (bicyclic) bond motifs is 4. The molecule has 47 heavy (non-hydrogen) atoms. The van der Waals surface area contributed by atoms with Crippen LogP contribution in [0.2, 0.25) is 0 Å². The molecule has 2 fully saturated rings. The van der Waals surface area contributed by atoms with Crippen molar-refractivity contribution in [3.63, 3.8) is 0 Å². The van der Waals surface area contributed by atoms with Gasteiger partial charge in [0, 0.05) is 29.5 Å². The van der Waals surface area contributed by atoms with Crippen LogP contribution in [0.15, 0.2) is 94.1 Å². The third-order valence-corrected chi connectivity index (χ3v) is 9.01. The fourth-order valence-electron chi connectivity index (χ4n) is 6.60. The molecule has 4 aliphatic heterocycles. The Bertz CT molecular complexity index is 1930. The molecule has 0 aliphatic carbocycles. The third kappa shape index (κ3) is 5.49. The summed E-state index contributed by atoms with van der Waals surface area (Å²) in [6, 6.07) is 26.1. The Kier molecular flexibility index (Phi) is 7.59. The molecule has 0 radical (unpaired) electrons. The molecule has 4 unspecified atom stereocenters. The van der Waals surface area contributed by atoms with Gasteiger partial charge in [-0.1, -0.05) is 24.3 Å². The van der Waals surface area contributed by atoms with Crippen LogP contribution in [0.5, 0.6) is 34.5 Å². The van der Waals surface area contributed by atoms with Gasteiger partial charge in [0.05, 0.1) is 45.0 Å². The zero-order chi connectivity index (χ0) is 31.9. The third-order valence-electron chi connectivity index (χ3n) is 9.01. The summed E-state index contributed by atoms with van der Waals surface area (Å²) in [5, 5.41) is 0.530. The molecule has 0 bridgehead atoms. The first kappa shape index (κ1) is 29.2. The zero-order valence-electron chi connectivity index (χ0n) is 25.8. The molecular formula is C37H32O10. The average molecular weight is 637 g/mol. The highest BCUT2D eigenvalue weighted by atomic mass is 16.7. The minimum absolute atomic E-state index is 0.0218. The minimum atomic E-state index is -0.0864. The van der Waals surface area contributed by atoms with E-state index >= 15 is 0 Å². The number of benzene rings is 4. The summed E-state index contributed by atoms with van der Waals surface area (Å²) >= 11 is 0. The Morgan fingerprint density at radius 1 is 0.617 bits per heavy atom. The van der Waals surface area contributed by atoms with Crippen LogP contribution in [0.25, 0.3) is 22.3 Å². The lowest BCUT2D eigenvalue weighted by atomic mass is 9.85. The monoisotopic (exact) mass is 636 g/mol. The van der Waals surface area contributed by atoms with Gasteiger partial charge in [0.15, 0.2) is 28.4 Å². The topological polar surface area (TPSA) is 104 Å². The highest BCUT2D eigenvalue weighted by Gasteiger charge is 2.48. The predicted octanol–water partition coefficient (Wildman–Crippen LogP) is 6.70. The Hall–Kier alpha value is -5.19. The van der Waals surface area contributed by atoms with Gasteiger partial charge in [0.1, 0.15) is 22.8 Å². The Labute approximate surface area is 270 Å². The van der Waals surface area contributed by atoms with Crippen LogP contribution in [0.3, 0.4) is 0 Å². The molecular weight excluding hydrogens is 604 g/mol. The van der Waals surface area contributed by atoms with Gasteiger partial charge in [-0.15, -0.1) is 0 Å².